The topological polar surface area (TPSA) is 12.0 Å². The highest BCUT2D eigenvalue weighted by atomic mass is 19.1. The van der Waals surface area contributed by atoms with Crippen LogP contribution in [0.25, 0.3) is 0 Å². The zero-order valence-corrected chi connectivity index (χ0v) is 10.0. The number of hydrogen-bond acceptors (Lipinski definition) is 1. The minimum atomic E-state index is -0.138. The summed E-state index contributed by atoms with van der Waals surface area (Å²) in [5.74, 6) is 0.697. The molecule has 16 heavy (non-hydrogen) atoms. The Balaban J connectivity index is 2.00. The molecule has 3 unspecified atom stereocenters. The monoisotopic (exact) mass is 221 g/mol. The Bertz CT molecular complexity index is 350. The summed E-state index contributed by atoms with van der Waals surface area (Å²) in [6.07, 6.45) is 3.54. The first-order chi connectivity index (χ1) is 7.74. The molecule has 3 atom stereocenters. The lowest BCUT2D eigenvalue weighted by Gasteiger charge is -2.17. The molecule has 1 aliphatic rings. The van der Waals surface area contributed by atoms with Crippen LogP contribution in [0.4, 0.5) is 4.39 Å². The molecule has 1 fully saturated rings. The number of halogens is 1. The van der Waals surface area contributed by atoms with Crippen LogP contribution in [-0.2, 0) is 0 Å². The average Bonchev–Trinajstić information content (AvgIpc) is 3.04. The Morgan fingerprint density at radius 2 is 2.25 bits per heavy atom. The number of nitrogens with one attached hydrogen (secondary N) is 1. The molecule has 0 saturated heterocycles. The highest BCUT2D eigenvalue weighted by Crippen LogP contribution is 2.35. The van der Waals surface area contributed by atoms with Gasteiger partial charge in [-0.1, -0.05) is 32.4 Å². The van der Waals surface area contributed by atoms with E-state index in [4.69, 9.17) is 0 Å². The number of hydrogen-bond donors (Lipinski definition) is 1. The van der Waals surface area contributed by atoms with Gasteiger partial charge in [0.15, 0.2) is 0 Å². The van der Waals surface area contributed by atoms with E-state index in [0.717, 1.165) is 17.9 Å². The summed E-state index contributed by atoms with van der Waals surface area (Å²) in [5, 5.41) is 3.62. The zero-order chi connectivity index (χ0) is 11.5. The van der Waals surface area contributed by atoms with E-state index >= 15 is 0 Å². The van der Waals surface area contributed by atoms with Crippen LogP contribution in [0.2, 0.25) is 0 Å². The van der Waals surface area contributed by atoms with Crippen LogP contribution in [-0.4, -0.2) is 6.04 Å². The largest absolute Gasteiger partial charge is 0.307 e. The Morgan fingerprint density at radius 1 is 1.44 bits per heavy atom. The Kier molecular flexibility index (Phi) is 3.59. The van der Waals surface area contributed by atoms with E-state index < -0.39 is 0 Å². The molecule has 1 N–H and O–H groups in total. The quantitative estimate of drug-likeness (QED) is 0.800. The summed E-state index contributed by atoms with van der Waals surface area (Å²) in [6.45, 7) is 4.38. The lowest BCUT2D eigenvalue weighted by Crippen LogP contribution is -2.24. The van der Waals surface area contributed by atoms with Crippen LogP contribution in [0.15, 0.2) is 24.3 Å². The van der Waals surface area contributed by atoms with Crippen molar-refractivity contribution in [2.75, 3.05) is 0 Å². The standard InChI is InChI=1S/C14H20FN/c1-3-10-9-14(10)16-13(4-2)11-6-5-7-12(15)8-11/h5-8,10,13-14,16H,3-4,9H2,1-2H3. The van der Waals surface area contributed by atoms with Gasteiger partial charge in [0.25, 0.3) is 0 Å². The van der Waals surface area contributed by atoms with Crippen LogP contribution in [0.3, 0.4) is 0 Å². The van der Waals surface area contributed by atoms with Crippen LogP contribution < -0.4 is 5.32 Å². The summed E-state index contributed by atoms with van der Waals surface area (Å²) >= 11 is 0. The SMILES string of the molecule is CCC(NC1CC1CC)c1cccc(F)c1. The van der Waals surface area contributed by atoms with Crippen molar-refractivity contribution >= 4 is 0 Å². The van der Waals surface area contributed by atoms with Gasteiger partial charge >= 0.3 is 0 Å². The van der Waals surface area contributed by atoms with Crippen LogP contribution >= 0.6 is 0 Å². The van der Waals surface area contributed by atoms with Crippen molar-refractivity contribution in [1.29, 1.82) is 0 Å². The molecule has 1 aromatic rings. The summed E-state index contributed by atoms with van der Waals surface area (Å²) in [7, 11) is 0. The second kappa shape index (κ2) is 4.96. The molecule has 0 heterocycles. The van der Waals surface area contributed by atoms with Crippen molar-refractivity contribution < 1.29 is 4.39 Å². The predicted octanol–water partition coefficient (Wildman–Crippen LogP) is 3.66. The summed E-state index contributed by atoms with van der Waals surface area (Å²) in [6, 6.07) is 7.90. The highest BCUT2D eigenvalue weighted by molar-refractivity contribution is 5.20. The fraction of sp³-hybridized carbons (Fsp3) is 0.571. The fourth-order valence-corrected chi connectivity index (χ4v) is 2.33. The molecule has 2 heteroatoms. The summed E-state index contributed by atoms with van der Waals surface area (Å²) in [5.41, 5.74) is 1.07. The van der Waals surface area contributed by atoms with E-state index in [0.29, 0.717) is 12.1 Å². The molecular weight excluding hydrogens is 201 g/mol. The maximum atomic E-state index is 13.1. The van der Waals surface area contributed by atoms with Crippen molar-refractivity contribution in [3.05, 3.63) is 35.6 Å². The third kappa shape index (κ3) is 2.62. The third-order valence-electron chi connectivity index (χ3n) is 3.52. The van der Waals surface area contributed by atoms with Crippen molar-refractivity contribution in [2.24, 2.45) is 5.92 Å². The molecule has 0 radical (unpaired) electrons. The van der Waals surface area contributed by atoms with Gasteiger partial charge in [-0.15, -0.1) is 0 Å². The molecule has 1 aromatic carbocycles. The first kappa shape index (κ1) is 11.6. The Hall–Kier alpha value is -0.890. The molecular formula is C14H20FN. The minimum Gasteiger partial charge on any atom is -0.307 e. The third-order valence-corrected chi connectivity index (χ3v) is 3.52. The van der Waals surface area contributed by atoms with Crippen LogP contribution in [0.5, 0.6) is 0 Å². The van der Waals surface area contributed by atoms with Crippen molar-refractivity contribution in [3.8, 4) is 0 Å². The Morgan fingerprint density at radius 3 is 2.81 bits per heavy atom. The lowest BCUT2D eigenvalue weighted by molar-refractivity contribution is 0.491. The average molecular weight is 221 g/mol. The maximum Gasteiger partial charge on any atom is 0.123 e. The zero-order valence-electron chi connectivity index (χ0n) is 10.0. The van der Waals surface area contributed by atoms with Gasteiger partial charge in [-0.3, -0.25) is 0 Å². The van der Waals surface area contributed by atoms with E-state index in [-0.39, 0.29) is 5.82 Å². The summed E-state index contributed by atoms with van der Waals surface area (Å²) < 4.78 is 13.1. The van der Waals surface area contributed by atoms with Crippen molar-refractivity contribution in [3.63, 3.8) is 0 Å². The first-order valence-corrected chi connectivity index (χ1v) is 6.26. The van der Waals surface area contributed by atoms with E-state index in [2.05, 4.69) is 19.2 Å². The molecule has 0 aromatic heterocycles. The van der Waals surface area contributed by atoms with E-state index in [1.807, 2.05) is 6.07 Å². The van der Waals surface area contributed by atoms with Crippen LogP contribution in [0, 0.1) is 11.7 Å². The molecule has 1 aliphatic carbocycles. The molecule has 1 nitrogen and oxygen atoms in total. The highest BCUT2D eigenvalue weighted by Gasteiger charge is 2.36. The van der Waals surface area contributed by atoms with Gasteiger partial charge in [0.05, 0.1) is 0 Å². The van der Waals surface area contributed by atoms with Gasteiger partial charge in [0, 0.05) is 12.1 Å². The number of benzene rings is 1. The molecule has 0 bridgehead atoms. The minimum absolute atomic E-state index is 0.138. The van der Waals surface area contributed by atoms with E-state index in [1.165, 1.54) is 18.9 Å². The summed E-state index contributed by atoms with van der Waals surface area (Å²) in [4.78, 5) is 0. The van der Waals surface area contributed by atoms with E-state index in [9.17, 15) is 4.39 Å². The fourth-order valence-electron chi connectivity index (χ4n) is 2.33. The second-order valence-electron chi connectivity index (χ2n) is 4.69. The van der Waals surface area contributed by atoms with Gasteiger partial charge in [-0.25, -0.2) is 4.39 Å². The number of rotatable bonds is 5. The van der Waals surface area contributed by atoms with Gasteiger partial charge in [0.2, 0.25) is 0 Å². The lowest BCUT2D eigenvalue weighted by atomic mass is 10.0. The molecule has 1 saturated carbocycles. The van der Waals surface area contributed by atoms with Gasteiger partial charge < -0.3 is 5.32 Å². The van der Waals surface area contributed by atoms with E-state index in [1.54, 1.807) is 12.1 Å². The smallest absolute Gasteiger partial charge is 0.123 e. The van der Waals surface area contributed by atoms with Gasteiger partial charge in [-0.05, 0) is 36.5 Å². The maximum absolute atomic E-state index is 13.1. The van der Waals surface area contributed by atoms with Gasteiger partial charge in [0.1, 0.15) is 5.82 Å². The molecule has 88 valence electrons. The first-order valence-electron chi connectivity index (χ1n) is 6.26. The predicted molar refractivity (Wildman–Crippen MR) is 64.8 cm³/mol. The molecule has 2 rings (SSSR count). The normalized spacial score (nSPS) is 25.4. The molecule has 0 amide bonds. The van der Waals surface area contributed by atoms with Gasteiger partial charge in [-0.2, -0.15) is 0 Å². The Labute approximate surface area is 97.1 Å². The van der Waals surface area contributed by atoms with Crippen LogP contribution in [0.1, 0.15) is 44.7 Å². The molecule has 0 spiro atoms. The second-order valence-corrected chi connectivity index (χ2v) is 4.69. The van der Waals surface area contributed by atoms with Crippen molar-refractivity contribution in [1.82, 2.24) is 5.32 Å². The molecule has 0 aliphatic heterocycles. The van der Waals surface area contributed by atoms with Crippen molar-refractivity contribution in [2.45, 2.75) is 45.2 Å².